The van der Waals surface area contributed by atoms with Gasteiger partial charge in [0.25, 0.3) is 11.8 Å². The normalized spacial score (nSPS) is 12.2. The van der Waals surface area contributed by atoms with Gasteiger partial charge in [-0.1, -0.05) is 0 Å². The van der Waals surface area contributed by atoms with Crippen molar-refractivity contribution < 1.29 is 35.1 Å². The first-order valence-corrected chi connectivity index (χ1v) is 12.0. The summed E-state index contributed by atoms with van der Waals surface area (Å²) in [7, 11) is 0. The first kappa shape index (κ1) is 28.0. The van der Waals surface area contributed by atoms with E-state index >= 15 is 0 Å². The summed E-state index contributed by atoms with van der Waals surface area (Å²) in [4.78, 5) is 25.8. The van der Waals surface area contributed by atoms with Gasteiger partial charge in [-0.05, 0) is 74.7 Å². The van der Waals surface area contributed by atoms with E-state index in [0.717, 1.165) is 0 Å². The standard InChI is InChI=1S/C17H24I3N3O7/c1-7(28)2-21-15-13(19)10(16(29)22-8(3-24)4-25)12(18)11(14(15)20)17(30)23-9(5-26)6-27/h7-9,21,24-28H,2-6H2,1H3,(H,22,29)(H,23,30). The molecule has 1 unspecified atom stereocenters. The maximum Gasteiger partial charge on any atom is 0.253 e. The van der Waals surface area contributed by atoms with Crippen molar-refractivity contribution in [1.82, 2.24) is 10.6 Å². The first-order valence-electron chi connectivity index (χ1n) is 8.80. The summed E-state index contributed by atoms with van der Waals surface area (Å²) < 4.78 is 1.31. The minimum atomic E-state index is -0.873. The first-order chi connectivity index (χ1) is 14.1. The van der Waals surface area contributed by atoms with Gasteiger partial charge in [-0.3, -0.25) is 9.59 Å². The number of aliphatic hydroxyl groups is 5. The van der Waals surface area contributed by atoms with Crippen LogP contribution in [0.2, 0.25) is 0 Å². The summed E-state index contributed by atoms with van der Waals surface area (Å²) in [6.45, 7) is -0.102. The van der Waals surface area contributed by atoms with Crippen LogP contribution < -0.4 is 16.0 Å². The average Bonchev–Trinajstić information content (AvgIpc) is 2.69. The third-order valence-corrected chi connectivity index (χ3v) is 7.13. The lowest BCUT2D eigenvalue weighted by atomic mass is 10.1. The summed E-state index contributed by atoms with van der Waals surface area (Å²) in [6, 6.07) is -1.75. The van der Waals surface area contributed by atoms with Crippen molar-refractivity contribution in [2.75, 3.05) is 38.3 Å². The van der Waals surface area contributed by atoms with Gasteiger partial charge in [-0.25, -0.2) is 0 Å². The minimum absolute atomic E-state index is 0.159. The summed E-state index contributed by atoms with van der Waals surface area (Å²) in [6.07, 6.45) is -0.688. The van der Waals surface area contributed by atoms with Crippen LogP contribution in [-0.2, 0) is 0 Å². The van der Waals surface area contributed by atoms with Crippen molar-refractivity contribution >= 4 is 85.3 Å². The Morgan fingerprint density at radius 1 is 0.800 bits per heavy atom. The Balaban J connectivity index is 3.57. The van der Waals surface area contributed by atoms with Gasteiger partial charge >= 0.3 is 0 Å². The van der Waals surface area contributed by atoms with Crippen LogP contribution in [-0.4, -0.2) is 88.5 Å². The topological polar surface area (TPSA) is 171 Å². The maximum atomic E-state index is 12.9. The van der Waals surface area contributed by atoms with Gasteiger partial charge in [0.05, 0.1) is 68.6 Å². The molecule has 1 atom stereocenters. The second-order valence-corrected chi connectivity index (χ2v) is 9.60. The number of halogens is 3. The Morgan fingerprint density at radius 2 is 1.17 bits per heavy atom. The number of benzene rings is 1. The number of amides is 2. The molecule has 1 aromatic carbocycles. The number of hydrogen-bond acceptors (Lipinski definition) is 8. The van der Waals surface area contributed by atoms with E-state index in [1.54, 1.807) is 6.92 Å². The van der Waals surface area contributed by atoms with Gasteiger partial charge in [0.2, 0.25) is 0 Å². The van der Waals surface area contributed by atoms with Crippen LogP contribution in [0.4, 0.5) is 5.69 Å². The third-order valence-electron chi connectivity index (χ3n) is 3.90. The molecular weight excluding hydrogens is 739 g/mol. The molecule has 0 aliphatic rings. The number of rotatable bonds is 11. The van der Waals surface area contributed by atoms with E-state index in [1.807, 2.05) is 67.8 Å². The number of nitrogens with one attached hydrogen (secondary N) is 3. The molecule has 170 valence electrons. The Labute approximate surface area is 214 Å². The van der Waals surface area contributed by atoms with Gasteiger partial charge in [0.15, 0.2) is 0 Å². The molecular formula is C17H24I3N3O7. The zero-order valence-electron chi connectivity index (χ0n) is 16.0. The van der Waals surface area contributed by atoms with Gasteiger partial charge in [-0.2, -0.15) is 0 Å². The SMILES string of the molecule is CC(O)CNc1c(I)c(C(=O)NC(CO)CO)c(I)c(C(=O)NC(CO)CO)c1I. The largest absolute Gasteiger partial charge is 0.394 e. The summed E-state index contributed by atoms with van der Waals surface area (Å²) in [5.74, 6) is -1.19. The van der Waals surface area contributed by atoms with E-state index in [0.29, 0.717) is 16.4 Å². The van der Waals surface area contributed by atoms with Crippen LogP contribution in [0.3, 0.4) is 0 Å². The Hall–Kier alpha value is -0.0500. The van der Waals surface area contributed by atoms with Crippen molar-refractivity contribution in [3.8, 4) is 0 Å². The van der Waals surface area contributed by atoms with Crippen LogP contribution in [0.1, 0.15) is 27.6 Å². The minimum Gasteiger partial charge on any atom is -0.394 e. The second kappa shape index (κ2) is 13.5. The van der Waals surface area contributed by atoms with E-state index in [1.165, 1.54) is 0 Å². The molecule has 1 rings (SSSR count). The highest BCUT2D eigenvalue weighted by molar-refractivity contribution is 14.1. The number of carbonyl (C=O) groups is 2. The predicted octanol–water partition coefficient (Wildman–Crippen LogP) is -0.541. The Morgan fingerprint density at radius 3 is 1.47 bits per heavy atom. The van der Waals surface area contributed by atoms with E-state index in [4.69, 9.17) is 0 Å². The Kier molecular flexibility index (Phi) is 12.6. The van der Waals surface area contributed by atoms with Crippen LogP contribution >= 0.6 is 67.8 Å². The average molecular weight is 763 g/mol. The van der Waals surface area contributed by atoms with Gasteiger partial charge in [-0.15, -0.1) is 0 Å². The number of anilines is 1. The molecule has 0 spiro atoms. The zero-order valence-corrected chi connectivity index (χ0v) is 22.4. The summed E-state index contributed by atoms with van der Waals surface area (Å²) >= 11 is 5.77. The fraction of sp³-hybridized carbons (Fsp3) is 0.529. The molecule has 0 saturated heterocycles. The van der Waals surface area contributed by atoms with E-state index in [2.05, 4.69) is 16.0 Å². The highest BCUT2D eigenvalue weighted by Gasteiger charge is 2.29. The highest BCUT2D eigenvalue weighted by atomic mass is 127. The fourth-order valence-corrected chi connectivity index (χ4v) is 6.81. The zero-order chi connectivity index (χ0) is 23.0. The summed E-state index contributed by atoms with van der Waals surface area (Å²) in [5, 5.41) is 54.8. The quantitative estimate of drug-likeness (QED) is 0.139. The summed E-state index contributed by atoms with van der Waals surface area (Å²) in [5.41, 5.74) is 0.777. The van der Waals surface area contributed by atoms with E-state index < -0.39 is 56.4 Å². The van der Waals surface area contributed by atoms with Gasteiger partial charge in [0, 0.05) is 10.1 Å². The molecule has 13 heteroatoms. The Bertz CT molecular complexity index is 704. The molecule has 0 aromatic heterocycles. The molecule has 0 radical (unpaired) electrons. The molecule has 0 aliphatic carbocycles. The molecule has 0 bridgehead atoms. The monoisotopic (exact) mass is 763 g/mol. The molecule has 0 aliphatic heterocycles. The van der Waals surface area contributed by atoms with Crippen molar-refractivity contribution in [3.05, 3.63) is 21.8 Å². The second-order valence-electron chi connectivity index (χ2n) is 6.37. The molecule has 1 aromatic rings. The molecule has 2 amide bonds. The predicted molar refractivity (Wildman–Crippen MR) is 136 cm³/mol. The van der Waals surface area contributed by atoms with Gasteiger partial charge < -0.3 is 41.5 Å². The lowest BCUT2D eigenvalue weighted by molar-refractivity contribution is 0.0874. The smallest absolute Gasteiger partial charge is 0.253 e. The van der Waals surface area contributed by atoms with Crippen LogP contribution in [0, 0.1) is 10.7 Å². The number of carbonyl (C=O) groups excluding carboxylic acids is 2. The van der Waals surface area contributed by atoms with Crippen LogP contribution in [0.15, 0.2) is 0 Å². The third kappa shape index (κ3) is 7.24. The van der Waals surface area contributed by atoms with Crippen LogP contribution in [0.25, 0.3) is 0 Å². The van der Waals surface area contributed by atoms with Crippen molar-refractivity contribution in [2.45, 2.75) is 25.1 Å². The molecule has 30 heavy (non-hydrogen) atoms. The van der Waals surface area contributed by atoms with E-state index in [9.17, 15) is 35.1 Å². The number of aliphatic hydroxyl groups excluding tert-OH is 5. The van der Waals surface area contributed by atoms with Crippen LogP contribution in [0.5, 0.6) is 0 Å². The molecule has 10 nitrogen and oxygen atoms in total. The lowest BCUT2D eigenvalue weighted by Crippen LogP contribution is -2.42. The van der Waals surface area contributed by atoms with Gasteiger partial charge in [0.1, 0.15) is 0 Å². The lowest BCUT2D eigenvalue weighted by Gasteiger charge is -2.22. The molecule has 0 heterocycles. The van der Waals surface area contributed by atoms with Crippen molar-refractivity contribution in [1.29, 1.82) is 0 Å². The van der Waals surface area contributed by atoms with E-state index in [-0.39, 0.29) is 17.7 Å². The molecule has 0 saturated carbocycles. The molecule has 8 N–H and O–H groups in total. The fourth-order valence-electron chi connectivity index (χ4n) is 2.28. The number of hydrogen-bond donors (Lipinski definition) is 8. The van der Waals surface area contributed by atoms with Crippen molar-refractivity contribution in [3.63, 3.8) is 0 Å². The highest BCUT2D eigenvalue weighted by Crippen LogP contribution is 2.36. The molecule has 0 fully saturated rings. The van der Waals surface area contributed by atoms with Crippen molar-refractivity contribution in [2.24, 2.45) is 0 Å². The maximum absolute atomic E-state index is 12.9.